The second kappa shape index (κ2) is 7.17. The average molecular weight is 337 g/mol. The number of ether oxygens (including phenoxy) is 1. The number of hydrogen-bond donors (Lipinski definition) is 1. The molecule has 2 N–H and O–H groups in total. The van der Waals surface area contributed by atoms with Gasteiger partial charge in [-0.2, -0.15) is 4.98 Å². The lowest BCUT2D eigenvalue weighted by Crippen LogP contribution is -2.12. The molecule has 0 atom stereocenters. The first-order valence-electron chi connectivity index (χ1n) is 7.99. The Morgan fingerprint density at radius 1 is 1.16 bits per heavy atom. The average Bonchev–Trinajstić information content (AvgIpc) is 3.09. The topological polar surface area (TPSA) is 91.2 Å². The zero-order chi connectivity index (χ0) is 17.8. The van der Waals surface area contributed by atoms with Crippen molar-refractivity contribution >= 4 is 5.91 Å². The Labute approximate surface area is 145 Å². The smallest absolute Gasteiger partial charge is 0.264 e. The van der Waals surface area contributed by atoms with Crippen molar-refractivity contribution in [3.63, 3.8) is 0 Å². The quantitative estimate of drug-likeness (QED) is 0.743. The summed E-state index contributed by atoms with van der Waals surface area (Å²) in [5.74, 6) is 1.12. The van der Waals surface area contributed by atoms with Crippen molar-refractivity contribution in [1.82, 2.24) is 10.1 Å². The molecule has 0 aliphatic carbocycles. The highest BCUT2D eigenvalue weighted by molar-refractivity contribution is 5.95. The first kappa shape index (κ1) is 16.7. The van der Waals surface area contributed by atoms with Crippen molar-refractivity contribution in [2.75, 3.05) is 0 Å². The van der Waals surface area contributed by atoms with Gasteiger partial charge >= 0.3 is 0 Å². The number of carbonyl (C=O) groups excluding carboxylic acids is 1. The number of hydrogen-bond acceptors (Lipinski definition) is 5. The molecule has 2 aromatic carbocycles. The summed E-state index contributed by atoms with van der Waals surface area (Å²) in [5, 5.41) is 3.97. The van der Waals surface area contributed by atoms with Gasteiger partial charge in [-0.15, -0.1) is 0 Å². The van der Waals surface area contributed by atoms with Crippen molar-refractivity contribution in [2.45, 2.75) is 26.4 Å². The summed E-state index contributed by atoms with van der Waals surface area (Å²) in [6.07, 6.45) is 0. The van der Waals surface area contributed by atoms with Crippen LogP contribution in [0, 0.1) is 0 Å². The second-order valence-electron chi connectivity index (χ2n) is 5.94. The number of aromatic nitrogens is 2. The fourth-order valence-electron chi connectivity index (χ4n) is 2.38. The van der Waals surface area contributed by atoms with E-state index in [0.29, 0.717) is 28.9 Å². The molecular formula is C19H19N3O3. The lowest BCUT2D eigenvalue weighted by Gasteiger charge is -2.06. The number of nitrogens with zero attached hydrogens (tertiary/aromatic N) is 2. The van der Waals surface area contributed by atoms with Gasteiger partial charge in [-0.1, -0.05) is 55.4 Å². The summed E-state index contributed by atoms with van der Waals surface area (Å²) >= 11 is 0. The Kier molecular flexibility index (Phi) is 4.79. The van der Waals surface area contributed by atoms with E-state index in [-0.39, 0.29) is 6.61 Å². The van der Waals surface area contributed by atoms with E-state index in [2.05, 4.69) is 36.1 Å². The number of para-hydroxylation sites is 1. The van der Waals surface area contributed by atoms with Crippen LogP contribution in [0.15, 0.2) is 53.1 Å². The molecule has 1 heterocycles. The zero-order valence-electron chi connectivity index (χ0n) is 14.1. The summed E-state index contributed by atoms with van der Waals surface area (Å²) in [4.78, 5) is 15.7. The van der Waals surface area contributed by atoms with Gasteiger partial charge in [0.05, 0.1) is 5.56 Å². The summed E-state index contributed by atoms with van der Waals surface area (Å²) in [7, 11) is 0. The molecule has 1 aromatic heterocycles. The summed E-state index contributed by atoms with van der Waals surface area (Å²) in [6.45, 7) is 4.34. The van der Waals surface area contributed by atoms with E-state index in [1.807, 2.05) is 12.1 Å². The fourth-order valence-corrected chi connectivity index (χ4v) is 2.38. The summed E-state index contributed by atoms with van der Waals surface area (Å²) < 4.78 is 10.8. The molecular weight excluding hydrogens is 318 g/mol. The van der Waals surface area contributed by atoms with Gasteiger partial charge in [0.25, 0.3) is 11.8 Å². The molecule has 1 amide bonds. The minimum atomic E-state index is -0.549. The van der Waals surface area contributed by atoms with Gasteiger partial charge in [0.1, 0.15) is 5.75 Å². The predicted octanol–water partition coefficient (Wildman–Crippen LogP) is 3.54. The predicted molar refractivity (Wildman–Crippen MR) is 93.1 cm³/mol. The molecule has 25 heavy (non-hydrogen) atoms. The molecule has 0 saturated carbocycles. The largest absolute Gasteiger partial charge is 0.483 e. The van der Waals surface area contributed by atoms with Crippen LogP contribution in [0.25, 0.3) is 11.4 Å². The lowest BCUT2D eigenvalue weighted by molar-refractivity contribution is 0.0995. The zero-order valence-corrected chi connectivity index (χ0v) is 14.1. The number of carbonyl (C=O) groups is 1. The van der Waals surface area contributed by atoms with Crippen LogP contribution in [0.4, 0.5) is 0 Å². The second-order valence-corrected chi connectivity index (χ2v) is 5.94. The van der Waals surface area contributed by atoms with Gasteiger partial charge in [-0.3, -0.25) is 4.79 Å². The van der Waals surface area contributed by atoms with E-state index < -0.39 is 5.91 Å². The molecule has 0 bridgehead atoms. The van der Waals surface area contributed by atoms with Gasteiger partial charge in [0, 0.05) is 5.56 Å². The number of benzene rings is 2. The van der Waals surface area contributed by atoms with Crippen LogP contribution in [0.1, 0.15) is 41.6 Å². The van der Waals surface area contributed by atoms with E-state index in [1.165, 1.54) is 5.56 Å². The third kappa shape index (κ3) is 3.85. The molecule has 128 valence electrons. The molecule has 3 aromatic rings. The van der Waals surface area contributed by atoms with Crippen LogP contribution in [0.3, 0.4) is 0 Å². The number of amides is 1. The molecule has 3 rings (SSSR count). The minimum Gasteiger partial charge on any atom is -0.483 e. The van der Waals surface area contributed by atoms with Crippen molar-refractivity contribution in [1.29, 1.82) is 0 Å². The molecule has 0 saturated heterocycles. The van der Waals surface area contributed by atoms with Crippen LogP contribution in [0.5, 0.6) is 5.75 Å². The monoisotopic (exact) mass is 337 g/mol. The minimum absolute atomic E-state index is 0.0569. The maximum atomic E-state index is 11.4. The Morgan fingerprint density at radius 3 is 2.56 bits per heavy atom. The van der Waals surface area contributed by atoms with Crippen molar-refractivity contribution in [3.05, 3.63) is 65.5 Å². The Morgan fingerprint density at radius 2 is 1.88 bits per heavy atom. The van der Waals surface area contributed by atoms with Crippen LogP contribution in [-0.2, 0) is 6.61 Å². The van der Waals surface area contributed by atoms with Crippen molar-refractivity contribution < 1.29 is 14.1 Å². The molecule has 0 spiro atoms. The SMILES string of the molecule is CC(C)c1ccc(-c2noc(COc3ccccc3C(N)=O)n2)cc1. The Balaban J connectivity index is 1.71. The number of primary amides is 1. The van der Waals surface area contributed by atoms with E-state index in [0.717, 1.165) is 5.56 Å². The fraction of sp³-hybridized carbons (Fsp3) is 0.211. The summed E-state index contributed by atoms with van der Waals surface area (Å²) in [6, 6.07) is 14.8. The van der Waals surface area contributed by atoms with E-state index in [9.17, 15) is 4.79 Å². The highest BCUT2D eigenvalue weighted by Crippen LogP contribution is 2.22. The highest BCUT2D eigenvalue weighted by Gasteiger charge is 2.12. The number of nitrogens with two attached hydrogens (primary N) is 1. The van der Waals surface area contributed by atoms with Gasteiger partial charge in [-0.05, 0) is 23.6 Å². The van der Waals surface area contributed by atoms with E-state index >= 15 is 0 Å². The molecule has 0 aliphatic rings. The molecule has 0 aliphatic heterocycles. The third-order valence-electron chi connectivity index (χ3n) is 3.81. The lowest BCUT2D eigenvalue weighted by atomic mass is 10.0. The molecule has 0 unspecified atom stereocenters. The van der Waals surface area contributed by atoms with E-state index in [1.54, 1.807) is 24.3 Å². The van der Waals surface area contributed by atoms with Crippen LogP contribution in [-0.4, -0.2) is 16.0 Å². The Hall–Kier alpha value is -3.15. The van der Waals surface area contributed by atoms with Gasteiger partial charge < -0.3 is 15.0 Å². The van der Waals surface area contributed by atoms with Gasteiger partial charge in [0.2, 0.25) is 5.82 Å². The first-order chi connectivity index (χ1) is 12.0. The summed E-state index contributed by atoms with van der Waals surface area (Å²) in [5.41, 5.74) is 7.76. The molecule has 0 fully saturated rings. The molecule has 6 nitrogen and oxygen atoms in total. The maximum absolute atomic E-state index is 11.4. The third-order valence-corrected chi connectivity index (χ3v) is 3.81. The number of rotatable bonds is 6. The highest BCUT2D eigenvalue weighted by atomic mass is 16.5. The Bertz CT molecular complexity index is 870. The van der Waals surface area contributed by atoms with E-state index in [4.69, 9.17) is 15.0 Å². The normalized spacial score (nSPS) is 10.8. The van der Waals surface area contributed by atoms with Crippen molar-refractivity contribution in [3.8, 4) is 17.1 Å². The first-order valence-corrected chi connectivity index (χ1v) is 7.99. The molecule has 0 radical (unpaired) electrons. The van der Waals surface area contributed by atoms with Crippen molar-refractivity contribution in [2.24, 2.45) is 5.73 Å². The molecule has 6 heteroatoms. The van der Waals surface area contributed by atoms with Crippen LogP contribution < -0.4 is 10.5 Å². The van der Waals surface area contributed by atoms with Gasteiger partial charge in [-0.25, -0.2) is 0 Å². The van der Waals surface area contributed by atoms with Crippen LogP contribution in [0.2, 0.25) is 0 Å². The van der Waals surface area contributed by atoms with Crippen LogP contribution >= 0.6 is 0 Å². The standard InChI is InChI=1S/C19H19N3O3/c1-12(2)13-7-9-14(10-8-13)19-21-17(25-22-19)11-24-16-6-4-3-5-15(16)18(20)23/h3-10,12H,11H2,1-2H3,(H2,20,23). The van der Waals surface area contributed by atoms with Gasteiger partial charge in [0.15, 0.2) is 6.61 Å². The maximum Gasteiger partial charge on any atom is 0.264 e.